The number of hydrogen-bond acceptors (Lipinski definition) is 7. The second-order valence-corrected chi connectivity index (χ2v) is 5.53. The minimum absolute atomic E-state index is 0.0836. The SMILES string of the molecule is COc1ccc(Cl)c(-c2ccc(NC(=O)c3nonc3C)nc2N)c1. The summed E-state index contributed by atoms with van der Waals surface area (Å²) in [7, 11) is 1.56. The highest BCUT2D eigenvalue weighted by atomic mass is 35.5. The molecule has 1 amide bonds. The lowest BCUT2D eigenvalue weighted by molar-refractivity contribution is 0.101. The van der Waals surface area contributed by atoms with Gasteiger partial charge in [0, 0.05) is 16.1 Å². The van der Waals surface area contributed by atoms with E-state index in [-0.39, 0.29) is 17.3 Å². The highest BCUT2D eigenvalue weighted by molar-refractivity contribution is 6.33. The van der Waals surface area contributed by atoms with Crippen molar-refractivity contribution in [2.75, 3.05) is 18.2 Å². The average Bonchev–Trinajstić information content (AvgIpc) is 3.02. The van der Waals surface area contributed by atoms with Crippen LogP contribution in [0, 0.1) is 6.92 Å². The molecule has 3 N–H and O–H groups in total. The van der Waals surface area contributed by atoms with Gasteiger partial charge in [0.1, 0.15) is 23.1 Å². The Kier molecular flexibility index (Phi) is 4.53. The van der Waals surface area contributed by atoms with Crippen LogP contribution < -0.4 is 15.8 Å². The van der Waals surface area contributed by atoms with Gasteiger partial charge in [0.15, 0.2) is 5.69 Å². The van der Waals surface area contributed by atoms with Crippen LogP contribution in [0.25, 0.3) is 11.1 Å². The van der Waals surface area contributed by atoms with Crippen LogP contribution in [0.1, 0.15) is 16.2 Å². The maximum absolute atomic E-state index is 12.1. The Morgan fingerprint density at radius 3 is 2.68 bits per heavy atom. The summed E-state index contributed by atoms with van der Waals surface area (Å²) in [5.74, 6) is 0.638. The van der Waals surface area contributed by atoms with Gasteiger partial charge >= 0.3 is 0 Å². The lowest BCUT2D eigenvalue weighted by Crippen LogP contribution is -2.15. The second-order valence-electron chi connectivity index (χ2n) is 5.13. The molecule has 0 aliphatic rings. The minimum atomic E-state index is -0.488. The highest BCUT2D eigenvalue weighted by Crippen LogP contribution is 2.34. The number of ether oxygens (including phenoxy) is 1. The van der Waals surface area contributed by atoms with Crippen molar-refractivity contribution in [2.24, 2.45) is 0 Å². The summed E-state index contributed by atoms with van der Waals surface area (Å²) in [6, 6.07) is 8.55. The number of nitrogens with two attached hydrogens (primary N) is 1. The Morgan fingerprint density at radius 2 is 2.04 bits per heavy atom. The van der Waals surface area contributed by atoms with E-state index in [1.165, 1.54) is 0 Å². The molecule has 25 heavy (non-hydrogen) atoms. The summed E-state index contributed by atoms with van der Waals surface area (Å²) in [5.41, 5.74) is 7.80. The average molecular weight is 360 g/mol. The van der Waals surface area contributed by atoms with Crippen molar-refractivity contribution in [3.8, 4) is 16.9 Å². The van der Waals surface area contributed by atoms with Crippen LogP contribution in [-0.2, 0) is 0 Å². The van der Waals surface area contributed by atoms with Gasteiger partial charge in [0.05, 0.1) is 7.11 Å². The van der Waals surface area contributed by atoms with Crippen LogP contribution in [0.3, 0.4) is 0 Å². The molecule has 0 saturated carbocycles. The van der Waals surface area contributed by atoms with Gasteiger partial charge in [0.2, 0.25) is 0 Å². The normalized spacial score (nSPS) is 10.5. The number of halogens is 1. The van der Waals surface area contributed by atoms with Crippen molar-refractivity contribution in [2.45, 2.75) is 6.92 Å². The molecule has 0 unspecified atom stereocenters. The molecule has 0 bridgehead atoms. The van der Waals surface area contributed by atoms with Gasteiger partial charge in [-0.15, -0.1) is 0 Å². The monoisotopic (exact) mass is 359 g/mol. The molecule has 0 spiro atoms. The zero-order valence-electron chi connectivity index (χ0n) is 13.4. The number of anilines is 2. The Hall–Kier alpha value is -3.13. The fourth-order valence-corrected chi connectivity index (χ4v) is 2.44. The third kappa shape index (κ3) is 3.38. The number of aromatic nitrogens is 3. The van der Waals surface area contributed by atoms with Crippen LogP contribution >= 0.6 is 11.6 Å². The van der Waals surface area contributed by atoms with E-state index in [1.54, 1.807) is 44.4 Å². The topological polar surface area (TPSA) is 116 Å². The smallest absolute Gasteiger partial charge is 0.281 e. The van der Waals surface area contributed by atoms with E-state index in [9.17, 15) is 4.79 Å². The summed E-state index contributed by atoms with van der Waals surface area (Å²) >= 11 is 6.23. The van der Waals surface area contributed by atoms with Crippen molar-refractivity contribution in [3.63, 3.8) is 0 Å². The van der Waals surface area contributed by atoms with Gasteiger partial charge in [-0.05, 0) is 42.4 Å². The standard InChI is InChI=1S/C16H14ClN5O3/c1-8-14(22-25-21-8)16(23)20-13-6-4-10(15(18)19-13)11-7-9(24-2)3-5-12(11)17/h3-7H,1-2H3,(H3,18,19,20,23). The number of benzene rings is 1. The molecule has 1 aromatic carbocycles. The van der Waals surface area contributed by atoms with E-state index < -0.39 is 5.91 Å². The maximum Gasteiger partial charge on any atom is 0.281 e. The number of amides is 1. The third-order valence-corrected chi connectivity index (χ3v) is 3.83. The molecule has 0 fully saturated rings. The first-order valence-corrected chi connectivity index (χ1v) is 7.58. The number of pyridine rings is 1. The van der Waals surface area contributed by atoms with E-state index in [2.05, 4.69) is 25.2 Å². The van der Waals surface area contributed by atoms with Crippen LogP contribution in [-0.4, -0.2) is 28.3 Å². The Bertz CT molecular complexity index is 941. The number of carbonyl (C=O) groups is 1. The zero-order valence-corrected chi connectivity index (χ0v) is 14.2. The number of nitrogens with one attached hydrogen (secondary N) is 1. The molecule has 9 heteroatoms. The van der Waals surface area contributed by atoms with Crippen LogP contribution in [0.5, 0.6) is 5.75 Å². The van der Waals surface area contributed by atoms with Crippen molar-refractivity contribution in [1.29, 1.82) is 0 Å². The third-order valence-electron chi connectivity index (χ3n) is 3.50. The zero-order chi connectivity index (χ0) is 18.0. The van der Waals surface area contributed by atoms with Crippen molar-refractivity contribution < 1.29 is 14.2 Å². The number of aryl methyl sites for hydroxylation is 1. The van der Waals surface area contributed by atoms with Gasteiger partial charge in [-0.3, -0.25) is 4.79 Å². The number of methoxy groups -OCH3 is 1. The molecule has 0 aliphatic carbocycles. The quantitative estimate of drug-likeness (QED) is 0.735. The lowest BCUT2D eigenvalue weighted by Gasteiger charge is -2.11. The van der Waals surface area contributed by atoms with Gasteiger partial charge in [-0.1, -0.05) is 16.8 Å². The fraction of sp³-hybridized carbons (Fsp3) is 0.125. The predicted molar refractivity (Wildman–Crippen MR) is 92.6 cm³/mol. The molecular formula is C16H14ClN5O3. The highest BCUT2D eigenvalue weighted by Gasteiger charge is 2.17. The molecule has 3 aromatic rings. The van der Waals surface area contributed by atoms with Gasteiger partial charge in [-0.25, -0.2) is 9.61 Å². The Morgan fingerprint density at radius 1 is 1.24 bits per heavy atom. The molecule has 0 atom stereocenters. The molecule has 0 radical (unpaired) electrons. The molecule has 2 heterocycles. The molecule has 0 aliphatic heterocycles. The van der Waals surface area contributed by atoms with Crippen molar-refractivity contribution in [3.05, 3.63) is 46.7 Å². The lowest BCUT2D eigenvalue weighted by atomic mass is 10.1. The first-order chi connectivity index (χ1) is 12.0. The summed E-state index contributed by atoms with van der Waals surface area (Å²) in [4.78, 5) is 16.3. The molecule has 2 aromatic heterocycles. The summed E-state index contributed by atoms with van der Waals surface area (Å²) < 4.78 is 9.71. The molecule has 128 valence electrons. The van der Waals surface area contributed by atoms with Gasteiger partial charge in [0.25, 0.3) is 5.91 Å². The van der Waals surface area contributed by atoms with Gasteiger partial charge < -0.3 is 15.8 Å². The first kappa shape index (κ1) is 16.7. The largest absolute Gasteiger partial charge is 0.497 e. The number of nitrogens with zero attached hydrogens (tertiary/aromatic N) is 3. The fourth-order valence-electron chi connectivity index (χ4n) is 2.22. The Balaban J connectivity index is 1.89. The molecule has 8 nitrogen and oxygen atoms in total. The molecule has 0 saturated heterocycles. The number of hydrogen-bond donors (Lipinski definition) is 2. The number of rotatable bonds is 4. The predicted octanol–water partition coefficient (Wildman–Crippen LogP) is 2.94. The van der Waals surface area contributed by atoms with Crippen molar-refractivity contribution >= 4 is 29.1 Å². The first-order valence-electron chi connectivity index (χ1n) is 7.20. The molecular weight excluding hydrogens is 346 g/mol. The van der Waals surface area contributed by atoms with E-state index in [0.29, 0.717) is 27.6 Å². The minimum Gasteiger partial charge on any atom is -0.497 e. The van der Waals surface area contributed by atoms with E-state index in [0.717, 1.165) is 0 Å². The second kappa shape index (κ2) is 6.78. The Labute approximate surface area is 147 Å². The van der Waals surface area contributed by atoms with E-state index >= 15 is 0 Å². The van der Waals surface area contributed by atoms with Gasteiger partial charge in [-0.2, -0.15) is 0 Å². The number of nitrogen functional groups attached to an aromatic ring is 1. The molecule has 3 rings (SSSR count). The summed E-state index contributed by atoms with van der Waals surface area (Å²) in [5, 5.41) is 10.2. The summed E-state index contributed by atoms with van der Waals surface area (Å²) in [6.45, 7) is 1.61. The van der Waals surface area contributed by atoms with Crippen LogP contribution in [0.15, 0.2) is 35.0 Å². The van der Waals surface area contributed by atoms with Crippen LogP contribution in [0.2, 0.25) is 5.02 Å². The van der Waals surface area contributed by atoms with Crippen molar-refractivity contribution in [1.82, 2.24) is 15.3 Å². The maximum atomic E-state index is 12.1. The van der Waals surface area contributed by atoms with Crippen LogP contribution in [0.4, 0.5) is 11.6 Å². The summed E-state index contributed by atoms with van der Waals surface area (Å²) in [6.07, 6.45) is 0. The van der Waals surface area contributed by atoms with E-state index in [4.69, 9.17) is 22.1 Å². The number of carbonyl (C=O) groups excluding carboxylic acids is 1. The van der Waals surface area contributed by atoms with E-state index in [1.807, 2.05) is 0 Å².